The van der Waals surface area contributed by atoms with Gasteiger partial charge < -0.3 is 15.4 Å². The topological polar surface area (TPSA) is 84.5 Å². The fraction of sp³-hybridized carbons (Fsp3) is 0.167. The van der Waals surface area contributed by atoms with Gasteiger partial charge in [-0.15, -0.1) is 11.8 Å². The van der Waals surface area contributed by atoms with Gasteiger partial charge in [0, 0.05) is 23.2 Å². The number of nitrogens with one attached hydrogen (secondary N) is 2. The summed E-state index contributed by atoms with van der Waals surface area (Å²) in [7, 11) is 1.53. The van der Waals surface area contributed by atoms with Crippen molar-refractivity contribution in [1.82, 2.24) is 5.32 Å². The van der Waals surface area contributed by atoms with E-state index in [-0.39, 0.29) is 5.91 Å². The lowest BCUT2D eigenvalue weighted by molar-refractivity contribution is -0.119. The Hall–Kier alpha value is -2.80. The van der Waals surface area contributed by atoms with E-state index in [4.69, 9.17) is 4.74 Å². The molecule has 130 valence electrons. The van der Waals surface area contributed by atoms with Gasteiger partial charge >= 0.3 is 5.97 Å². The summed E-state index contributed by atoms with van der Waals surface area (Å²) in [5.41, 5.74) is 1.25. The number of amides is 2. The summed E-state index contributed by atoms with van der Waals surface area (Å²) in [5, 5.41) is 5.09. The van der Waals surface area contributed by atoms with E-state index in [0.717, 1.165) is 4.90 Å². The van der Waals surface area contributed by atoms with Gasteiger partial charge in [-0.3, -0.25) is 9.59 Å². The summed E-state index contributed by atoms with van der Waals surface area (Å²) in [6.45, 7) is -0.409. The van der Waals surface area contributed by atoms with Crippen LogP contribution < -0.4 is 10.6 Å². The molecule has 0 atom stereocenters. The smallest absolute Gasteiger partial charge is 0.338 e. The normalized spacial score (nSPS) is 10.0. The largest absolute Gasteiger partial charge is 0.452 e. The third-order valence-electron chi connectivity index (χ3n) is 3.30. The molecule has 0 aliphatic heterocycles. The number of thioether (sulfide) groups is 1. The molecule has 0 unspecified atom stereocenters. The second kappa shape index (κ2) is 8.89. The second-order valence-corrected chi connectivity index (χ2v) is 5.89. The predicted octanol–water partition coefficient (Wildman–Crippen LogP) is 2.56. The van der Waals surface area contributed by atoms with Crippen LogP contribution in [0.25, 0.3) is 0 Å². The molecular formula is C18H18N2O4S. The Morgan fingerprint density at radius 1 is 1.04 bits per heavy atom. The van der Waals surface area contributed by atoms with Gasteiger partial charge in [0.1, 0.15) is 0 Å². The van der Waals surface area contributed by atoms with Gasteiger partial charge in [0.05, 0.1) is 5.56 Å². The Labute approximate surface area is 149 Å². The second-order valence-electron chi connectivity index (χ2n) is 5.01. The van der Waals surface area contributed by atoms with Crippen molar-refractivity contribution in [2.75, 3.05) is 25.2 Å². The lowest BCUT2D eigenvalue weighted by Gasteiger charge is -2.08. The first-order chi connectivity index (χ1) is 12.0. The Balaban J connectivity index is 1.89. The minimum absolute atomic E-state index is 0.254. The number of anilines is 1. The zero-order valence-electron chi connectivity index (χ0n) is 13.9. The fourth-order valence-electron chi connectivity index (χ4n) is 2.02. The van der Waals surface area contributed by atoms with Gasteiger partial charge in [0.25, 0.3) is 11.8 Å². The Kier molecular flexibility index (Phi) is 6.59. The molecule has 0 spiro atoms. The average Bonchev–Trinajstić information content (AvgIpc) is 2.65. The molecule has 2 rings (SSSR count). The average molecular weight is 358 g/mol. The Morgan fingerprint density at radius 3 is 2.40 bits per heavy atom. The third-order valence-corrected chi connectivity index (χ3v) is 4.04. The molecule has 2 aromatic carbocycles. The van der Waals surface area contributed by atoms with E-state index in [1.165, 1.54) is 7.05 Å². The molecular weight excluding hydrogens is 340 g/mol. The Morgan fingerprint density at radius 2 is 1.76 bits per heavy atom. The molecule has 2 aromatic rings. The number of hydrogen-bond donors (Lipinski definition) is 2. The maximum atomic E-state index is 11.9. The van der Waals surface area contributed by atoms with Gasteiger partial charge in [-0.05, 0) is 48.7 Å². The molecule has 0 radical (unpaired) electrons. The zero-order valence-corrected chi connectivity index (χ0v) is 14.7. The molecule has 2 amide bonds. The summed E-state index contributed by atoms with van der Waals surface area (Å²) in [6, 6.07) is 13.4. The van der Waals surface area contributed by atoms with Crippen LogP contribution in [0.15, 0.2) is 53.4 Å². The molecule has 2 N–H and O–H groups in total. The van der Waals surface area contributed by atoms with Crippen LogP contribution in [0.4, 0.5) is 5.69 Å². The summed E-state index contributed by atoms with van der Waals surface area (Å²) < 4.78 is 5.00. The van der Waals surface area contributed by atoms with Crippen LogP contribution in [0.5, 0.6) is 0 Å². The van der Waals surface area contributed by atoms with Crippen molar-refractivity contribution in [3.63, 3.8) is 0 Å². The van der Waals surface area contributed by atoms with Crippen LogP contribution >= 0.6 is 11.8 Å². The van der Waals surface area contributed by atoms with Gasteiger partial charge in [-0.2, -0.15) is 0 Å². The van der Waals surface area contributed by atoms with E-state index < -0.39 is 18.5 Å². The molecule has 0 heterocycles. The van der Waals surface area contributed by atoms with Crippen molar-refractivity contribution in [1.29, 1.82) is 0 Å². The van der Waals surface area contributed by atoms with Crippen LogP contribution in [0.3, 0.4) is 0 Å². The molecule has 0 aliphatic carbocycles. The molecule has 25 heavy (non-hydrogen) atoms. The standard InChI is InChI=1S/C18H18N2O4S/c1-19-17(22)13-4-3-5-14(10-13)20-16(21)11-24-18(23)12-6-8-15(25-2)9-7-12/h3-10H,11H2,1-2H3,(H,19,22)(H,20,21). The number of hydrogen-bond acceptors (Lipinski definition) is 5. The highest BCUT2D eigenvalue weighted by atomic mass is 32.2. The van der Waals surface area contributed by atoms with E-state index in [9.17, 15) is 14.4 Å². The van der Waals surface area contributed by atoms with Crippen molar-refractivity contribution >= 4 is 35.2 Å². The van der Waals surface area contributed by atoms with Crippen molar-refractivity contribution < 1.29 is 19.1 Å². The molecule has 0 aliphatic rings. The highest BCUT2D eigenvalue weighted by Crippen LogP contribution is 2.15. The van der Waals surface area contributed by atoms with E-state index >= 15 is 0 Å². The van der Waals surface area contributed by atoms with Crippen LogP contribution in [0, 0.1) is 0 Å². The van der Waals surface area contributed by atoms with Crippen LogP contribution in [-0.2, 0) is 9.53 Å². The SMILES string of the molecule is CNC(=O)c1cccc(NC(=O)COC(=O)c2ccc(SC)cc2)c1. The quantitative estimate of drug-likeness (QED) is 0.612. The Bertz CT molecular complexity index is 775. The molecule has 0 saturated heterocycles. The molecule has 7 heteroatoms. The fourth-order valence-corrected chi connectivity index (χ4v) is 2.43. The molecule has 0 bridgehead atoms. The number of ether oxygens (including phenoxy) is 1. The third kappa shape index (κ3) is 5.36. The number of benzene rings is 2. The maximum Gasteiger partial charge on any atom is 0.338 e. The van der Waals surface area contributed by atoms with Crippen LogP contribution in [-0.4, -0.2) is 37.7 Å². The van der Waals surface area contributed by atoms with Gasteiger partial charge in [-0.1, -0.05) is 6.07 Å². The first-order valence-electron chi connectivity index (χ1n) is 7.46. The van der Waals surface area contributed by atoms with Gasteiger partial charge in [-0.25, -0.2) is 4.79 Å². The predicted molar refractivity (Wildman–Crippen MR) is 97.0 cm³/mol. The van der Waals surface area contributed by atoms with E-state index in [2.05, 4.69) is 10.6 Å². The number of rotatable bonds is 6. The zero-order chi connectivity index (χ0) is 18.2. The summed E-state index contributed by atoms with van der Waals surface area (Å²) in [6.07, 6.45) is 1.94. The highest BCUT2D eigenvalue weighted by Gasteiger charge is 2.11. The van der Waals surface area contributed by atoms with Crippen LogP contribution in [0.1, 0.15) is 20.7 Å². The number of esters is 1. The molecule has 0 saturated carbocycles. The van der Waals surface area contributed by atoms with Gasteiger partial charge in [0.2, 0.25) is 0 Å². The number of carbonyl (C=O) groups excluding carboxylic acids is 3. The lowest BCUT2D eigenvalue weighted by atomic mass is 10.2. The summed E-state index contributed by atoms with van der Waals surface area (Å²) in [5.74, 6) is -1.30. The molecule has 0 aromatic heterocycles. The maximum absolute atomic E-state index is 11.9. The minimum atomic E-state index is -0.568. The van der Waals surface area contributed by atoms with E-state index in [1.54, 1.807) is 48.2 Å². The van der Waals surface area contributed by atoms with Crippen molar-refractivity contribution in [3.05, 3.63) is 59.7 Å². The first kappa shape index (κ1) is 18.5. The first-order valence-corrected chi connectivity index (χ1v) is 8.69. The molecule has 6 nitrogen and oxygen atoms in total. The summed E-state index contributed by atoms with van der Waals surface area (Å²) >= 11 is 1.57. The van der Waals surface area contributed by atoms with Crippen LogP contribution in [0.2, 0.25) is 0 Å². The lowest BCUT2D eigenvalue weighted by Crippen LogP contribution is -2.22. The van der Waals surface area contributed by atoms with Crippen molar-refractivity contribution in [2.24, 2.45) is 0 Å². The number of carbonyl (C=O) groups is 3. The minimum Gasteiger partial charge on any atom is -0.452 e. The highest BCUT2D eigenvalue weighted by molar-refractivity contribution is 7.98. The summed E-state index contributed by atoms with van der Waals surface area (Å²) in [4.78, 5) is 36.4. The van der Waals surface area contributed by atoms with E-state index in [0.29, 0.717) is 16.8 Å². The molecule has 0 fully saturated rings. The van der Waals surface area contributed by atoms with Crippen molar-refractivity contribution in [2.45, 2.75) is 4.90 Å². The van der Waals surface area contributed by atoms with Crippen molar-refractivity contribution in [3.8, 4) is 0 Å². The monoisotopic (exact) mass is 358 g/mol. The van der Waals surface area contributed by atoms with Gasteiger partial charge in [0.15, 0.2) is 6.61 Å². The van der Waals surface area contributed by atoms with E-state index in [1.807, 2.05) is 18.4 Å².